The monoisotopic (exact) mass is 301 g/mol. The van der Waals surface area contributed by atoms with Gasteiger partial charge in [0.25, 0.3) is 0 Å². The van der Waals surface area contributed by atoms with Gasteiger partial charge in [0, 0.05) is 19.7 Å². The number of anilines is 2. The Morgan fingerprint density at radius 3 is 2.38 bits per heavy atom. The average Bonchev–Trinajstić information content (AvgIpc) is 2.92. The van der Waals surface area contributed by atoms with Crippen molar-refractivity contribution in [3.63, 3.8) is 0 Å². The normalized spacial score (nSPS) is 9.95. The van der Waals surface area contributed by atoms with Crippen molar-refractivity contribution in [1.29, 1.82) is 5.26 Å². The van der Waals surface area contributed by atoms with Crippen molar-refractivity contribution < 1.29 is 14.7 Å². The third-order valence-corrected chi connectivity index (χ3v) is 4.04. The zero-order valence-corrected chi connectivity index (χ0v) is 12.1. The van der Waals surface area contributed by atoms with Gasteiger partial charge in [-0.05, 0) is 24.3 Å². The summed E-state index contributed by atoms with van der Waals surface area (Å²) in [6.45, 7) is 1.31. The maximum Gasteiger partial charge on any atom is 0.356 e. The molecule has 0 unspecified atom stereocenters. The van der Waals surface area contributed by atoms with Crippen LogP contribution in [0.4, 0.5) is 10.8 Å². The minimum Gasteiger partial charge on any atom is -0.476 e. The molecule has 0 fully saturated rings. The SMILES string of the molecule is CC(=O)c1sc(N(C)c2ccc(C#N)cc2)nc1C(=O)O. The fraction of sp³-hybridized carbons (Fsp3) is 0.143. The minimum absolute atomic E-state index is 0.123. The second kappa shape index (κ2) is 5.73. The van der Waals surface area contributed by atoms with Gasteiger partial charge in [0.05, 0.1) is 11.6 Å². The summed E-state index contributed by atoms with van der Waals surface area (Å²) >= 11 is 1.03. The highest BCUT2D eigenvalue weighted by atomic mass is 32.1. The van der Waals surface area contributed by atoms with Gasteiger partial charge in [0.2, 0.25) is 0 Å². The lowest BCUT2D eigenvalue weighted by molar-refractivity contribution is 0.0687. The summed E-state index contributed by atoms with van der Waals surface area (Å²) in [5.74, 6) is -1.56. The zero-order valence-electron chi connectivity index (χ0n) is 11.3. The number of carbonyl (C=O) groups is 2. The molecule has 106 valence electrons. The Morgan fingerprint density at radius 1 is 1.33 bits per heavy atom. The van der Waals surface area contributed by atoms with Crippen LogP contribution < -0.4 is 4.90 Å². The maximum absolute atomic E-state index is 11.5. The standard InChI is InChI=1S/C14H11N3O3S/c1-8(18)12-11(13(19)20)16-14(21-12)17(2)10-5-3-9(7-15)4-6-10/h3-6H,1-2H3,(H,19,20). The van der Waals surface area contributed by atoms with Gasteiger partial charge in [-0.25, -0.2) is 9.78 Å². The molecule has 0 radical (unpaired) electrons. The van der Waals surface area contributed by atoms with Crippen LogP contribution in [0, 0.1) is 11.3 Å². The van der Waals surface area contributed by atoms with E-state index in [2.05, 4.69) is 4.98 Å². The number of hydrogen-bond donors (Lipinski definition) is 1. The third-order valence-electron chi connectivity index (χ3n) is 2.81. The number of benzene rings is 1. The third kappa shape index (κ3) is 2.90. The highest BCUT2D eigenvalue weighted by molar-refractivity contribution is 7.17. The lowest BCUT2D eigenvalue weighted by Crippen LogP contribution is -2.09. The number of aromatic carboxylic acids is 1. The summed E-state index contributed by atoms with van der Waals surface area (Å²) in [5, 5.41) is 18.3. The Kier molecular flexibility index (Phi) is 4.00. The number of carboxylic acid groups (broad SMARTS) is 1. The van der Waals surface area contributed by atoms with Crippen LogP contribution in [0.1, 0.15) is 32.6 Å². The second-order valence-electron chi connectivity index (χ2n) is 4.25. The first-order valence-electron chi connectivity index (χ1n) is 5.93. The first-order valence-corrected chi connectivity index (χ1v) is 6.74. The first-order chi connectivity index (χ1) is 9.93. The summed E-state index contributed by atoms with van der Waals surface area (Å²) in [6.07, 6.45) is 0. The number of rotatable bonds is 4. The van der Waals surface area contributed by atoms with Crippen molar-refractivity contribution in [3.8, 4) is 6.07 Å². The number of hydrogen-bond acceptors (Lipinski definition) is 6. The number of nitrogens with zero attached hydrogens (tertiary/aromatic N) is 3. The van der Waals surface area contributed by atoms with E-state index in [4.69, 9.17) is 10.4 Å². The van der Waals surface area contributed by atoms with Gasteiger partial charge in [-0.1, -0.05) is 11.3 Å². The lowest BCUT2D eigenvalue weighted by atomic mass is 10.2. The van der Waals surface area contributed by atoms with Crippen molar-refractivity contribution in [2.24, 2.45) is 0 Å². The van der Waals surface area contributed by atoms with E-state index < -0.39 is 5.97 Å². The van der Waals surface area contributed by atoms with Crippen molar-refractivity contribution in [2.45, 2.75) is 6.92 Å². The zero-order chi connectivity index (χ0) is 15.6. The van der Waals surface area contributed by atoms with Gasteiger partial charge in [0.15, 0.2) is 16.6 Å². The van der Waals surface area contributed by atoms with Crippen molar-refractivity contribution in [1.82, 2.24) is 4.98 Å². The molecule has 0 amide bonds. The molecule has 21 heavy (non-hydrogen) atoms. The molecule has 1 aromatic carbocycles. The number of ketones is 1. The quantitative estimate of drug-likeness (QED) is 0.872. The first kappa shape index (κ1) is 14.7. The molecule has 7 heteroatoms. The molecule has 0 atom stereocenters. The fourth-order valence-corrected chi connectivity index (χ4v) is 2.64. The van der Waals surface area contributed by atoms with Crippen LogP contribution >= 0.6 is 11.3 Å². The number of thiazole rings is 1. The van der Waals surface area contributed by atoms with Crippen molar-refractivity contribution in [3.05, 3.63) is 40.4 Å². The van der Waals surface area contributed by atoms with Crippen LogP contribution in [0.25, 0.3) is 0 Å². The molecule has 1 aromatic heterocycles. The Morgan fingerprint density at radius 2 is 1.95 bits per heavy atom. The van der Waals surface area contributed by atoms with Gasteiger partial charge >= 0.3 is 5.97 Å². The van der Waals surface area contributed by atoms with E-state index in [1.54, 1.807) is 36.2 Å². The van der Waals surface area contributed by atoms with E-state index in [1.165, 1.54) is 6.92 Å². The van der Waals surface area contributed by atoms with Crippen molar-refractivity contribution >= 4 is 33.9 Å². The largest absolute Gasteiger partial charge is 0.476 e. The van der Waals surface area contributed by atoms with E-state index in [9.17, 15) is 9.59 Å². The predicted octanol–water partition coefficient (Wildman–Crippen LogP) is 2.68. The maximum atomic E-state index is 11.5. The Labute approximate surface area is 124 Å². The molecule has 0 spiro atoms. The van der Waals surface area contributed by atoms with Crippen molar-refractivity contribution in [2.75, 3.05) is 11.9 Å². The number of carbonyl (C=O) groups excluding carboxylic acids is 1. The average molecular weight is 301 g/mol. The number of nitriles is 1. The van der Waals surface area contributed by atoms with Crippen LogP contribution in [0.3, 0.4) is 0 Å². The van der Waals surface area contributed by atoms with Crippen LogP contribution in [0.2, 0.25) is 0 Å². The summed E-state index contributed by atoms with van der Waals surface area (Å²) in [5.41, 5.74) is 1.04. The molecule has 2 rings (SSSR count). The smallest absolute Gasteiger partial charge is 0.356 e. The Balaban J connectivity index is 2.41. The molecule has 0 saturated heterocycles. The van der Waals surface area contributed by atoms with E-state index in [1.807, 2.05) is 6.07 Å². The molecule has 0 aliphatic heterocycles. The number of aromatic nitrogens is 1. The molecular weight excluding hydrogens is 290 g/mol. The van der Waals surface area contributed by atoms with E-state index >= 15 is 0 Å². The van der Waals surface area contributed by atoms with E-state index in [-0.39, 0.29) is 16.4 Å². The molecule has 2 aromatic rings. The molecule has 0 aliphatic carbocycles. The van der Waals surface area contributed by atoms with E-state index in [0.717, 1.165) is 17.0 Å². The van der Waals surface area contributed by atoms with Gasteiger partial charge in [-0.15, -0.1) is 0 Å². The van der Waals surface area contributed by atoms with E-state index in [0.29, 0.717) is 10.7 Å². The Hall–Kier alpha value is -2.72. The summed E-state index contributed by atoms with van der Waals surface area (Å²) in [4.78, 5) is 28.4. The van der Waals surface area contributed by atoms with Crippen LogP contribution in [0.5, 0.6) is 0 Å². The Bertz CT molecular complexity index is 712. The molecule has 6 nitrogen and oxygen atoms in total. The highest BCUT2D eigenvalue weighted by Crippen LogP contribution is 2.31. The highest BCUT2D eigenvalue weighted by Gasteiger charge is 2.22. The summed E-state index contributed by atoms with van der Waals surface area (Å²) in [6, 6.07) is 8.79. The number of Topliss-reactive ketones (excluding diaryl/α,β-unsaturated/α-hetero) is 1. The molecular formula is C14H11N3O3S. The molecule has 1 N–H and O–H groups in total. The predicted molar refractivity (Wildman–Crippen MR) is 78.3 cm³/mol. The molecule has 0 aliphatic rings. The number of carboxylic acids is 1. The van der Waals surface area contributed by atoms with Crippen LogP contribution in [-0.2, 0) is 0 Å². The molecule has 0 bridgehead atoms. The van der Waals surface area contributed by atoms with Gasteiger partial charge in [-0.3, -0.25) is 4.79 Å². The molecule has 0 saturated carbocycles. The summed E-state index contributed by atoms with van der Waals surface area (Å²) in [7, 11) is 1.72. The van der Waals surface area contributed by atoms with Gasteiger partial charge < -0.3 is 10.0 Å². The van der Waals surface area contributed by atoms with Crippen LogP contribution in [0.15, 0.2) is 24.3 Å². The summed E-state index contributed by atoms with van der Waals surface area (Å²) < 4.78 is 0. The van der Waals surface area contributed by atoms with Gasteiger partial charge in [0.1, 0.15) is 4.88 Å². The van der Waals surface area contributed by atoms with Crippen LogP contribution in [-0.4, -0.2) is 28.9 Å². The second-order valence-corrected chi connectivity index (χ2v) is 5.23. The molecule has 1 heterocycles. The topological polar surface area (TPSA) is 94.3 Å². The van der Waals surface area contributed by atoms with Gasteiger partial charge in [-0.2, -0.15) is 5.26 Å². The minimum atomic E-state index is -1.23. The fourth-order valence-electron chi connectivity index (χ4n) is 1.71. The lowest BCUT2D eigenvalue weighted by Gasteiger charge is -2.15.